The molecular formula is C22H28P2S. The summed E-state index contributed by atoms with van der Waals surface area (Å²) in [5, 5.41) is 3.29. The van der Waals surface area contributed by atoms with Crippen molar-refractivity contribution in [1.29, 1.82) is 0 Å². The Morgan fingerprint density at radius 3 is 1.56 bits per heavy atom. The molecule has 2 aromatic carbocycles. The van der Waals surface area contributed by atoms with E-state index in [-0.39, 0.29) is 15.8 Å². The van der Waals surface area contributed by atoms with E-state index in [1.165, 1.54) is 49.5 Å². The van der Waals surface area contributed by atoms with E-state index in [1.807, 2.05) is 0 Å². The van der Waals surface area contributed by atoms with E-state index in [0.717, 1.165) is 11.3 Å². The van der Waals surface area contributed by atoms with Crippen LogP contribution < -0.4 is 10.6 Å². The normalized spacial score (nSPS) is 29.1. The molecule has 0 N–H and O–H groups in total. The van der Waals surface area contributed by atoms with Crippen LogP contribution in [0.1, 0.15) is 25.7 Å². The topological polar surface area (TPSA) is 0 Å². The van der Waals surface area contributed by atoms with Crippen molar-refractivity contribution in [2.24, 2.45) is 0 Å². The Morgan fingerprint density at radius 1 is 0.680 bits per heavy atom. The summed E-state index contributed by atoms with van der Waals surface area (Å²) >= 11 is 2.28. The van der Waals surface area contributed by atoms with Crippen LogP contribution in [-0.4, -0.2) is 35.1 Å². The highest BCUT2D eigenvalue weighted by atomic mass is 32.2. The number of benzene rings is 2. The minimum atomic E-state index is 0.102. The van der Waals surface area contributed by atoms with Gasteiger partial charge in [0.2, 0.25) is 0 Å². The fourth-order valence-corrected chi connectivity index (χ4v) is 12.6. The molecule has 132 valence electrons. The third kappa shape index (κ3) is 4.50. The van der Waals surface area contributed by atoms with Crippen molar-refractivity contribution < 1.29 is 0 Å². The molecule has 4 atom stereocenters. The highest BCUT2D eigenvalue weighted by Crippen LogP contribution is 2.52. The van der Waals surface area contributed by atoms with E-state index < -0.39 is 0 Å². The van der Waals surface area contributed by atoms with Crippen LogP contribution in [0.25, 0.3) is 0 Å². The molecular weight excluding hydrogens is 358 g/mol. The van der Waals surface area contributed by atoms with Crippen molar-refractivity contribution in [2.45, 2.75) is 37.0 Å². The van der Waals surface area contributed by atoms with E-state index >= 15 is 0 Å². The lowest BCUT2D eigenvalue weighted by Crippen LogP contribution is -2.15. The maximum absolute atomic E-state index is 2.38. The first kappa shape index (κ1) is 18.0. The van der Waals surface area contributed by atoms with Gasteiger partial charge in [0, 0.05) is 11.5 Å². The van der Waals surface area contributed by atoms with Gasteiger partial charge in [0.15, 0.2) is 0 Å². The molecule has 0 bridgehead atoms. The lowest BCUT2D eigenvalue weighted by molar-refractivity contribution is 0.832. The van der Waals surface area contributed by atoms with Crippen molar-refractivity contribution in [1.82, 2.24) is 0 Å². The zero-order valence-electron chi connectivity index (χ0n) is 14.9. The summed E-state index contributed by atoms with van der Waals surface area (Å²) in [5.41, 5.74) is 1.93. The summed E-state index contributed by atoms with van der Waals surface area (Å²) in [6, 6.07) is 22.7. The minimum absolute atomic E-state index is 0.102. The Kier molecular flexibility index (Phi) is 6.52. The van der Waals surface area contributed by atoms with Gasteiger partial charge in [0.25, 0.3) is 0 Å². The summed E-state index contributed by atoms with van der Waals surface area (Å²) in [6.07, 6.45) is 8.75. The van der Waals surface area contributed by atoms with E-state index in [4.69, 9.17) is 0 Å². The zero-order valence-corrected chi connectivity index (χ0v) is 17.5. The first-order valence-electron chi connectivity index (χ1n) is 9.63. The monoisotopic (exact) mass is 386 g/mol. The Bertz CT molecular complexity index is 588. The van der Waals surface area contributed by atoms with Gasteiger partial charge >= 0.3 is 0 Å². The van der Waals surface area contributed by atoms with E-state index in [0.29, 0.717) is 0 Å². The average molecular weight is 386 g/mol. The van der Waals surface area contributed by atoms with E-state index in [2.05, 4.69) is 72.4 Å². The lowest BCUT2D eigenvalue weighted by Gasteiger charge is -2.23. The molecule has 0 nitrogen and oxygen atoms in total. The van der Waals surface area contributed by atoms with E-state index in [9.17, 15) is 0 Å². The van der Waals surface area contributed by atoms with Gasteiger partial charge in [0.05, 0.1) is 0 Å². The lowest BCUT2D eigenvalue weighted by atomic mass is 10.3. The fraction of sp³-hybridized carbons (Fsp3) is 0.455. The van der Waals surface area contributed by atoms with Crippen LogP contribution in [0.3, 0.4) is 0 Å². The van der Waals surface area contributed by atoms with Crippen LogP contribution in [0.5, 0.6) is 0 Å². The van der Waals surface area contributed by atoms with Gasteiger partial charge in [-0.1, -0.05) is 76.5 Å². The zero-order chi connectivity index (χ0) is 16.9. The Labute approximate surface area is 159 Å². The maximum Gasteiger partial charge on any atom is 0.000355 e. The molecule has 0 saturated carbocycles. The minimum Gasteiger partial charge on any atom is -0.161 e. The van der Waals surface area contributed by atoms with Crippen LogP contribution in [0, 0.1) is 0 Å². The highest BCUT2D eigenvalue weighted by molar-refractivity contribution is 8.00. The molecule has 4 rings (SSSR count). The Morgan fingerprint density at radius 2 is 1.12 bits per heavy atom. The van der Waals surface area contributed by atoms with Crippen molar-refractivity contribution in [2.75, 3.05) is 23.8 Å². The summed E-state index contributed by atoms with van der Waals surface area (Å²) in [5.74, 6) is 2.80. The molecule has 2 fully saturated rings. The Balaban J connectivity index is 1.31. The van der Waals surface area contributed by atoms with Crippen LogP contribution in [-0.2, 0) is 0 Å². The molecule has 25 heavy (non-hydrogen) atoms. The van der Waals surface area contributed by atoms with Gasteiger partial charge < -0.3 is 0 Å². The SMILES string of the molecule is c1ccc(P2CCC[C@@H]2CSC[C@H]2CCCP2c2ccccc2)cc1. The third-order valence-corrected chi connectivity index (χ3v) is 13.5. The van der Waals surface area contributed by atoms with Gasteiger partial charge in [-0.15, -0.1) is 0 Å². The van der Waals surface area contributed by atoms with Crippen LogP contribution in [0.15, 0.2) is 60.7 Å². The van der Waals surface area contributed by atoms with Crippen LogP contribution in [0.2, 0.25) is 0 Å². The molecule has 0 spiro atoms. The summed E-state index contributed by atoms with van der Waals surface area (Å²) in [6.45, 7) is 0. The highest BCUT2D eigenvalue weighted by Gasteiger charge is 2.30. The second kappa shape index (κ2) is 9.03. The molecule has 2 heterocycles. The van der Waals surface area contributed by atoms with Crippen molar-refractivity contribution in [3.8, 4) is 0 Å². The fourth-order valence-electron chi connectivity index (χ4n) is 4.28. The molecule has 0 amide bonds. The maximum atomic E-state index is 2.38. The largest absolute Gasteiger partial charge is 0.161 e. The van der Waals surface area contributed by atoms with Crippen molar-refractivity contribution in [3.63, 3.8) is 0 Å². The molecule has 0 aromatic heterocycles. The van der Waals surface area contributed by atoms with Crippen LogP contribution in [0.4, 0.5) is 0 Å². The quantitative estimate of drug-likeness (QED) is 0.577. The standard InChI is InChI=1S/C22H28P2S/c1-3-9-19(10-4-1)23-15-7-13-21(23)17-25-18-22-14-8-16-24(22)20-11-5-2-6-12-20/h1-6,9-12,21-22H,7-8,13-18H2/t21-,22-,23?,24?/m1/s1. The summed E-state index contributed by atoms with van der Waals surface area (Å²) < 4.78 is 0. The van der Waals surface area contributed by atoms with Crippen molar-refractivity contribution >= 4 is 38.2 Å². The molecule has 0 aliphatic carbocycles. The van der Waals surface area contributed by atoms with E-state index in [1.54, 1.807) is 10.6 Å². The second-order valence-corrected chi connectivity index (χ2v) is 13.5. The van der Waals surface area contributed by atoms with Gasteiger partial charge in [0.1, 0.15) is 0 Å². The average Bonchev–Trinajstić information content (AvgIpc) is 3.33. The first-order chi connectivity index (χ1) is 12.4. The third-order valence-electron chi connectivity index (χ3n) is 5.55. The second-order valence-electron chi connectivity index (χ2n) is 7.19. The first-order valence-corrected chi connectivity index (χ1v) is 14.0. The van der Waals surface area contributed by atoms with Gasteiger partial charge in [-0.25, -0.2) is 0 Å². The molecule has 2 saturated heterocycles. The molecule has 0 radical (unpaired) electrons. The van der Waals surface area contributed by atoms with Gasteiger partial charge in [-0.2, -0.15) is 11.8 Å². The predicted octanol–water partition coefficient (Wildman–Crippen LogP) is 5.66. The Hall–Kier alpha value is -0.350. The van der Waals surface area contributed by atoms with Gasteiger partial charge in [-0.05, 0) is 59.9 Å². The summed E-state index contributed by atoms with van der Waals surface area (Å²) in [4.78, 5) is 0. The van der Waals surface area contributed by atoms with Crippen LogP contribution >= 0.6 is 27.6 Å². The molecule has 2 aliphatic rings. The summed E-state index contributed by atoms with van der Waals surface area (Å²) in [7, 11) is 0.204. The smallest absolute Gasteiger partial charge is 0.000355 e. The van der Waals surface area contributed by atoms with Crippen molar-refractivity contribution in [3.05, 3.63) is 60.7 Å². The van der Waals surface area contributed by atoms with Gasteiger partial charge in [-0.3, -0.25) is 0 Å². The molecule has 2 aromatic rings. The number of rotatable bonds is 6. The number of hydrogen-bond donors (Lipinski definition) is 0. The number of hydrogen-bond acceptors (Lipinski definition) is 1. The molecule has 3 heteroatoms. The molecule has 2 unspecified atom stereocenters. The number of thioether (sulfide) groups is 1. The molecule has 2 aliphatic heterocycles. The predicted molar refractivity (Wildman–Crippen MR) is 119 cm³/mol.